The van der Waals surface area contributed by atoms with Crippen molar-refractivity contribution in [3.8, 4) is 0 Å². The largest absolute Gasteiger partial charge is 0.381 e. The van der Waals surface area contributed by atoms with E-state index in [-0.39, 0.29) is 11.4 Å². The molecule has 4 aliphatic rings. The second-order valence-electron chi connectivity index (χ2n) is 5.41. The molecule has 1 saturated heterocycles. The first-order chi connectivity index (χ1) is 6.64. The molecule has 3 nitrogen and oxygen atoms in total. The Kier molecular flexibility index (Phi) is 1.56. The van der Waals surface area contributed by atoms with Crippen molar-refractivity contribution in [2.45, 2.75) is 38.1 Å². The zero-order chi connectivity index (χ0) is 9.81. The van der Waals surface area contributed by atoms with E-state index in [1.54, 1.807) is 6.92 Å². The van der Waals surface area contributed by atoms with Crippen LogP contribution in [0.2, 0.25) is 0 Å². The van der Waals surface area contributed by atoms with Gasteiger partial charge in [-0.3, -0.25) is 4.79 Å². The highest BCUT2D eigenvalue weighted by Gasteiger charge is 2.70. The summed E-state index contributed by atoms with van der Waals surface area (Å²) in [6.45, 7) is 3.52. The number of carbonyl (C=O) groups is 1. The molecule has 0 aromatic carbocycles. The number of nitrogens with one attached hydrogen (secondary N) is 1. The quantitative estimate of drug-likeness (QED) is 0.716. The summed E-state index contributed by atoms with van der Waals surface area (Å²) in [7, 11) is 0. The Hall–Kier alpha value is -0.570. The van der Waals surface area contributed by atoms with E-state index in [1.165, 1.54) is 25.7 Å². The molecule has 4 rings (SSSR count). The molecule has 1 heterocycles. The highest BCUT2D eigenvalue weighted by molar-refractivity contribution is 5.74. The standard InChI is InChI=1S/C11H17NO2/c1-8(13)12-11-5-10(6-11,7-11)9-2-3-14-4-9/h9H,2-7H2,1H3,(H,12,13). The minimum atomic E-state index is 0.126. The van der Waals surface area contributed by atoms with Crippen molar-refractivity contribution in [1.29, 1.82) is 0 Å². The molecule has 1 amide bonds. The van der Waals surface area contributed by atoms with Gasteiger partial charge in [-0.1, -0.05) is 0 Å². The smallest absolute Gasteiger partial charge is 0.217 e. The number of rotatable bonds is 2. The van der Waals surface area contributed by atoms with Crippen LogP contribution in [-0.2, 0) is 9.53 Å². The molecule has 3 aliphatic carbocycles. The van der Waals surface area contributed by atoms with Gasteiger partial charge in [0.15, 0.2) is 0 Å². The fraction of sp³-hybridized carbons (Fsp3) is 0.909. The molecule has 1 unspecified atom stereocenters. The molecule has 3 heteroatoms. The third-order valence-corrected chi connectivity index (χ3v) is 4.31. The van der Waals surface area contributed by atoms with Gasteiger partial charge in [0.1, 0.15) is 0 Å². The molecule has 1 atom stereocenters. The highest BCUT2D eigenvalue weighted by Crippen LogP contribution is 2.71. The molecule has 78 valence electrons. The Bertz CT molecular complexity index is 261. The van der Waals surface area contributed by atoms with E-state index in [9.17, 15) is 4.79 Å². The fourth-order valence-corrected chi connectivity index (χ4v) is 3.82. The number of ether oxygens (including phenoxy) is 1. The summed E-state index contributed by atoms with van der Waals surface area (Å²) in [6.07, 6.45) is 4.84. The number of amides is 1. The third kappa shape index (κ3) is 0.991. The summed E-state index contributed by atoms with van der Waals surface area (Å²) < 4.78 is 5.43. The molecule has 1 N–H and O–H groups in total. The first kappa shape index (κ1) is 8.72. The molecule has 0 aromatic heterocycles. The van der Waals surface area contributed by atoms with Crippen LogP contribution in [0.25, 0.3) is 0 Å². The van der Waals surface area contributed by atoms with Crippen LogP contribution in [0.15, 0.2) is 0 Å². The van der Waals surface area contributed by atoms with Crippen molar-refractivity contribution in [2.75, 3.05) is 13.2 Å². The first-order valence-corrected chi connectivity index (χ1v) is 5.51. The van der Waals surface area contributed by atoms with Crippen molar-refractivity contribution >= 4 is 5.91 Å². The summed E-state index contributed by atoms with van der Waals surface area (Å²) in [5.74, 6) is 0.902. The lowest BCUT2D eigenvalue weighted by atomic mass is 9.35. The lowest BCUT2D eigenvalue weighted by molar-refractivity contribution is -0.192. The Morgan fingerprint density at radius 1 is 1.43 bits per heavy atom. The van der Waals surface area contributed by atoms with Crippen molar-refractivity contribution in [3.05, 3.63) is 0 Å². The third-order valence-electron chi connectivity index (χ3n) is 4.31. The van der Waals surface area contributed by atoms with Crippen LogP contribution in [0.4, 0.5) is 0 Å². The Balaban J connectivity index is 1.60. The van der Waals surface area contributed by atoms with Crippen molar-refractivity contribution in [1.82, 2.24) is 5.32 Å². The summed E-state index contributed by atoms with van der Waals surface area (Å²) in [5.41, 5.74) is 0.757. The second-order valence-corrected chi connectivity index (χ2v) is 5.41. The van der Waals surface area contributed by atoms with Gasteiger partial charge in [-0.15, -0.1) is 0 Å². The second kappa shape index (κ2) is 2.51. The molecule has 3 saturated carbocycles. The lowest BCUT2D eigenvalue weighted by Gasteiger charge is -2.72. The van der Waals surface area contributed by atoms with Gasteiger partial charge in [0, 0.05) is 25.7 Å². The normalized spacial score (nSPS) is 49.4. The average Bonchev–Trinajstić information content (AvgIpc) is 2.44. The molecule has 14 heavy (non-hydrogen) atoms. The predicted molar refractivity (Wildman–Crippen MR) is 51.8 cm³/mol. The van der Waals surface area contributed by atoms with E-state index in [1.807, 2.05) is 0 Å². The fourth-order valence-electron chi connectivity index (χ4n) is 3.82. The summed E-state index contributed by atoms with van der Waals surface area (Å²) >= 11 is 0. The van der Waals surface area contributed by atoms with Crippen LogP contribution in [-0.4, -0.2) is 24.7 Å². The molecule has 4 fully saturated rings. The van der Waals surface area contributed by atoms with Gasteiger partial charge in [-0.25, -0.2) is 0 Å². The zero-order valence-electron chi connectivity index (χ0n) is 8.64. The topological polar surface area (TPSA) is 38.3 Å². The van der Waals surface area contributed by atoms with Gasteiger partial charge in [-0.2, -0.15) is 0 Å². The number of carbonyl (C=O) groups excluding carboxylic acids is 1. The van der Waals surface area contributed by atoms with Crippen molar-refractivity contribution in [3.63, 3.8) is 0 Å². The Morgan fingerprint density at radius 2 is 2.14 bits per heavy atom. The molecule has 1 aliphatic heterocycles. The van der Waals surface area contributed by atoms with E-state index in [4.69, 9.17) is 4.74 Å². The Morgan fingerprint density at radius 3 is 2.64 bits per heavy atom. The van der Waals surface area contributed by atoms with Crippen LogP contribution in [0.5, 0.6) is 0 Å². The predicted octanol–water partition coefficient (Wildman–Crippen LogP) is 1.08. The summed E-state index contributed by atoms with van der Waals surface area (Å²) in [4.78, 5) is 11.0. The van der Waals surface area contributed by atoms with Crippen LogP contribution in [0, 0.1) is 11.3 Å². The zero-order valence-corrected chi connectivity index (χ0v) is 8.64. The highest BCUT2D eigenvalue weighted by atomic mass is 16.5. The number of hydrogen-bond acceptors (Lipinski definition) is 2. The van der Waals surface area contributed by atoms with E-state index >= 15 is 0 Å². The number of hydrogen-bond donors (Lipinski definition) is 1. The minimum absolute atomic E-state index is 0.126. The molecule has 0 spiro atoms. The summed E-state index contributed by atoms with van der Waals surface area (Å²) in [5, 5.41) is 3.09. The van der Waals surface area contributed by atoms with Crippen LogP contribution < -0.4 is 5.32 Å². The van der Waals surface area contributed by atoms with Crippen LogP contribution in [0.1, 0.15) is 32.6 Å². The molecular weight excluding hydrogens is 178 g/mol. The maximum Gasteiger partial charge on any atom is 0.217 e. The maximum atomic E-state index is 11.0. The van der Waals surface area contributed by atoms with Gasteiger partial charge < -0.3 is 10.1 Å². The molecular formula is C11H17NO2. The van der Waals surface area contributed by atoms with Gasteiger partial charge in [0.25, 0.3) is 0 Å². The van der Waals surface area contributed by atoms with E-state index < -0.39 is 0 Å². The molecule has 0 radical (unpaired) electrons. The maximum absolute atomic E-state index is 11.0. The van der Waals surface area contributed by atoms with Crippen LogP contribution >= 0.6 is 0 Å². The summed E-state index contributed by atoms with van der Waals surface area (Å²) in [6, 6.07) is 0. The van der Waals surface area contributed by atoms with Crippen LogP contribution in [0.3, 0.4) is 0 Å². The molecule has 0 aromatic rings. The lowest BCUT2D eigenvalue weighted by Crippen LogP contribution is -2.76. The van der Waals surface area contributed by atoms with Gasteiger partial charge in [-0.05, 0) is 37.0 Å². The SMILES string of the molecule is CC(=O)NC12CC(C3CCOC3)(C1)C2. The van der Waals surface area contributed by atoms with Gasteiger partial charge in [0.2, 0.25) is 5.91 Å². The minimum Gasteiger partial charge on any atom is -0.381 e. The first-order valence-electron chi connectivity index (χ1n) is 5.51. The van der Waals surface area contributed by atoms with Gasteiger partial charge in [0.05, 0.1) is 0 Å². The monoisotopic (exact) mass is 195 g/mol. The van der Waals surface area contributed by atoms with E-state index in [0.717, 1.165) is 19.1 Å². The average molecular weight is 195 g/mol. The van der Waals surface area contributed by atoms with Gasteiger partial charge >= 0.3 is 0 Å². The van der Waals surface area contributed by atoms with Crippen molar-refractivity contribution in [2.24, 2.45) is 11.3 Å². The Labute approximate surface area is 84.2 Å². The van der Waals surface area contributed by atoms with E-state index in [0.29, 0.717) is 5.41 Å². The van der Waals surface area contributed by atoms with Crippen molar-refractivity contribution < 1.29 is 9.53 Å². The van der Waals surface area contributed by atoms with E-state index in [2.05, 4.69) is 5.32 Å². The molecule has 2 bridgehead atoms.